The number of ether oxygens (including phenoxy) is 4. The van der Waals surface area contributed by atoms with E-state index < -0.39 is 0 Å². The van der Waals surface area contributed by atoms with Gasteiger partial charge in [-0.15, -0.1) is 11.3 Å². The van der Waals surface area contributed by atoms with Crippen molar-refractivity contribution in [2.24, 2.45) is 0 Å². The van der Waals surface area contributed by atoms with E-state index in [9.17, 15) is 0 Å². The van der Waals surface area contributed by atoms with Crippen molar-refractivity contribution in [2.45, 2.75) is 0 Å². The number of thiazole rings is 1. The largest absolute Gasteiger partial charge is 0.497 e. The van der Waals surface area contributed by atoms with Gasteiger partial charge in [0.15, 0.2) is 16.6 Å². The fraction of sp³-hybridized carbons (Fsp3) is 0.167. The molecule has 0 saturated carbocycles. The minimum Gasteiger partial charge on any atom is -0.497 e. The molecule has 0 saturated heterocycles. The van der Waals surface area contributed by atoms with Gasteiger partial charge >= 0.3 is 0 Å². The summed E-state index contributed by atoms with van der Waals surface area (Å²) in [5, 5.41) is 6.06. The average Bonchev–Trinajstić information content (AvgIpc) is 3.30. The summed E-state index contributed by atoms with van der Waals surface area (Å²) >= 11 is 1.52. The third-order valence-corrected chi connectivity index (χ3v) is 4.57. The van der Waals surface area contributed by atoms with Gasteiger partial charge in [-0.3, -0.25) is 0 Å². The van der Waals surface area contributed by atoms with Crippen molar-refractivity contribution >= 4 is 22.2 Å². The van der Waals surface area contributed by atoms with Crippen molar-refractivity contribution in [3.8, 4) is 34.3 Å². The van der Waals surface area contributed by atoms with Crippen LogP contribution >= 0.6 is 11.3 Å². The SMILES string of the molecule is COc1ccc(-c2csc(Nc3ccc4c(c3)OCO4)n2)c(OC)c1. The lowest BCUT2D eigenvalue weighted by Gasteiger charge is -2.08. The molecular formula is C18H16N2O4S. The van der Waals surface area contributed by atoms with Crippen LogP contribution in [-0.4, -0.2) is 26.0 Å². The third kappa shape index (κ3) is 3.06. The summed E-state index contributed by atoms with van der Waals surface area (Å²) in [6.45, 7) is 0.261. The standard InChI is InChI=1S/C18H16N2O4S/c1-21-12-4-5-13(16(8-12)22-2)14-9-25-18(20-14)19-11-3-6-15-17(7-11)24-10-23-15/h3-9H,10H2,1-2H3,(H,19,20). The van der Waals surface area contributed by atoms with Gasteiger partial charge in [0.25, 0.3) is 0 Å². The minimum atomic E-state index is 0.261. The fourth-order valence-corrected chi connectivity index (χ4v) is 3.29. The quantitative estimate of drug-likeness (QED) is 0.735. The number of nitrogens with one attached hydrogen (secondary N) is 1. The van der Waals surface area contributed by atoms with Gasteiger partial charge in [-0.25, -0.2) is 4.98 Å². The molecule has 1 N–H and O–H groups in total. The highest BCUT2D eigenvalue weighted by Crippen LogP contribution is 2.37. The Kier molecular flexibility index (Phi) is 4.07. The Morgan fingerprint density at radius 1 is 1.04 bits per heavy atom. The fourth-order valence-electron chi connectivity index (χ4n) is 2.56. The van der Waals surface area contributed by atoms with Crippen LogP contribution in [0.25, 0.3) is 11.3 Å². The van der Waals surface area contributed by atoms with E-state index >= 15 is 0 Å². The molecule has 3 aromatic rings. The Morgan fingerprint density at radius 3 is 2.76 bits per heavy atom. The summed E-state index contributed by atoms with van der Waals surface area (Å²) in [5.41, 5.74) is 2.65. The molecule has 7 heteroatoms. The van der Waals surface area contributed by atoms with Crippen LogP contribution in [0.4, 0.5) is 10.8 Å². The first-order valence-electron chi connectivity index (χ1n) is 7.61. The van der Waals surface area contributed by atoms with Crippen molar-refractivity contribution in [2.75, 3.05) is 26.3 Å². The molecule has 0 radical (unpaired) electrons. The van der Waals surface area contributed by atoms with Gasteiger partial charge in [0.05, 0.1) is 19.9 Å². The first-order chi connectivity index (χ1) is 12.3. The molecule has 6 nitrogen and oxygen atoms in total. The molecule has 0 unspecified atom stereocenters. The summed E-state index contributed by atoms with van der Waals surface area (Å²) in [6, 6.07) is 11.4. The maximum Gasteiger partial charge on any atom is 0.231 e. The van der Waals surface area contributed by atoms with Crippen LogP contribution in [0.2, 0.25) is 0 Å². The molecule has 0 aliphatic carbocycles. The zero-order chi connectivity index (χ0) is 17.2. The Labute approximate surface area is 148 Å². The van der Waals surface area contributed by atoms with E-state index in [0.29, 0.717) is 0 Å². The van der Waals surface area contributed by atoms with Crippen LogP contribution in [0, 0.1) is 0 Å². The molecule has 2 heterocycles. The molecule has 4 rings (SSSR count). The normalized spacial score (nSPS) is 12.1. The maximum absolute atomic E-state index is 5.45. The zero-order valence-electron chi connectivity index (χ0n) is 13.7. The van der Waals surface area contributed by atoms with Crippen LogP contribution < -0.4 is 24.3 Å². The topological polar surface area (TPSA) is 61.8 Å². The molecule has 2 aromatic carbocycles. The first kappa shape index (κ1) is 15.6. The summed E-state index contributed by atoms with van der Waals surface area (Å²) in [7, 11) is 3.26. The van der Waals surface area contributed by atoms with Gasteiger partial charge in [0.2, 0.25) is 6.79 Å². The van der Waals surface area contributed by atoms with E-state index in [-0.39, 0.29) is 6.79 Å². The van der Waals surface area contributed by atoms with Gasteiger partial charge in [0, 0.05) is 28.8 Å². The minimum absolute atomic E-state index is 0.261. The molecule has 0 bridgehead atoms. The highest BCUT2D eigenvalue weighted by atomic mass is 32.1. The van der Waals surface area contributed by atoms with Gasteiger partial charge in [0.1, 0.15) is 11.5 Å². The lowest BCUT2D eigenvalue weighted by molar-refractivity contribution is 0.174. The number of fused-ring (bicyclic) bond motifs is 1. The second-order valence-electron chi connectivity index (χ2n) is 5.30. The van der Waals surface area contributed by atoms with E-state index in [0.717, 1.165) is 45.1 Å². The van der Waals surface area contributed by atoms with Crippen molar-refractivity contribution in [1.29, 1.82) is 0 Å². The lowest BCUT2D eigenvalue weighted by atomic mass is 10.1. The first-order valence-corrected chi connectivity index (χ1v) is 8.49. The van der Waals surface area contributed by atoms with Gasteiger partial charge in [-0.1, -0.05) is 0 Å². The van der Waals surface area contributed by atoms with Crippen molar-refractivity contribution in [1.82, 2.24) is 4.98 Å². The highest BCUT2D eigenvalue weighted by Gasteiger charge is 2.15. The maximum atomic E-state index is 5.45. The van der Waals surface area contributed by atoms with E-state index in [4.69, 9.17) is 18.9 Å². The average molecular weight is 356 g/mol. The number of aromatic nitrogens is 1. The second-order valence-corrected chi connectivity index (χ2v) is 6.16. The number of nitrogens with zero attached hydrogens (tertiary/aromatic N) is 1. The summed E-state index contributed by atoms with van der Waals surface area (Å²) in [5.74, 6) is 2.96. The van der Waals surface area contributed by atoms with Gasteiger partial charge < -0.3 is 24.3 Å². The van der Waals surface area contributed by atoms with Crippen LogP contribution in [0.3, 0.4) is 0 Å². The molecule has 1 aromatic heterocycles. The predicted octanol–water partition coefficient (Wildman–Crippen LogP) is 4.30. The monoisotopic (exact) mass is 356 g/mol. The van der Waals surface area contributed by atoms with E-state index in [2.05, 4.69) is 10.3 Å². The summed E-state index contributed by atoms with van der Waals surface area (Å²) in [4.78, 5) is 4.65. The molecule has 0 atom stereocenters. The molecule has 0 fully saturated rings. The predicted molar refractivity (Wildman–Crippen MR) is 96.5 cm³/mol. The van der Waals surface area contributed by atoms with Crippen LogP contribution in [0.15, 0.2) is 41.8 Å². The third-order valence-electron chi connectivity index (χ3n) is 3.81. The number of hydrogen-bond donors (Lipinski definition) is 1. The van der Waals surface area contributed by atoms with Gasteiger partial charge in [-0.2, -0.15) is 0 Å². The number of anilines is 2. The van der Waals surface area contributed by atoms with Crippen LogP contribution in [0.5, 0.6) is 23.0 Å². The molecule has 0 spiro atoms. The summed E-state index contributed by atoms with van der Waals surface area (Å²) < 4.78 is 21.4. The molecular weight excluding hydrogens is 340 g/mol. The summed E-state index contributed by atoms with van der Waals surface area (Å²) in [6.07, 6.45) is 0. The number of rotatable bonds is 5. The van der Waals surface area contributed by atoms with Crippen molar-refractivity contribution in [3.63, 3.8) is 0 Å². The van der Waals surface area contributed by atoms with Crippen molar-refractivity contribution in [3.05, 3.63) is 41.8 Å². The van der Waals surface area contributed by atoms with Crippen molar-refractivity contribution < 1.29 is 18.9 Å². The molecule has 25 heavy (non-hydrogen) atoms. The van der Waals surface area contributed by atoms with E-state index in [1.165, 1.54) is 11.3 Å². The Balaban J connectivity index is 1.58. The molecule has 1 aliphatic heterocycles. The van der Waals surface area contributed by atoms with Crippen LogP contribution in [-0.2, 0) is 0 Å². The van der Waals surface area contributed by atoms with E-state index in [1.807, 2.05) is 41.8 Å². The number of benzene rings is 2. The number of methoxy groups -OCH3 is 2. The lowest BCUT2D eigenvalue weighted by Crippen LogP contribution is -1.93. The molecule has 0 amide bonds. The van der Waals surface area contributed by atoms with E-state index in [1.54, 1.807) is 14.2 Å². The highest BCUT2D eigenvalue weighted by molar-refractivity contribution is 7.14. The second kappa shape index (κ2) is 6.52. The zero-order valence-corrected chi connectivity index (χ0v) is 14.6. The smallest absolute Gasteiger partial charge is 0.231 e. The van der Waals surface area contributed by atoms with Crippen LogP contribution in [0.1, 0.15) is 0 Å². The Bertz CT molecular complexity index is 910. The molecule has 1 aliphatic rings. The Hall–Kier alpha value is -2.93. The van der Waals surface area contributed by atoms with Gasteiger partial charge in [-0.05, 0) is 24.3 Å². The molecule has 128 valence electrons. The number of hydrogen-bond acceptors (Lipinski definition) is 7. The Morgan fingerprint density at radius 2 is 1.92 bits per heavy atom.